The lowest BCUT2D eigenvalue weighted by molar-refractivity contribution is -0.133. The highest BCUT2D eigenvalue weighted by Crippen LogP contribution is 2.06. The van der Waals surface area contributed by atoms with Crippen LogP contribution in [0.4, 0.5) is 0 Å². The lowest BCUT2D eigenvalue weighted by atomic mass is 10.2. The Labute approximate surface area is 122 Å². The van der Waals surface area contributed by atoms with Crippen LogP contribution in [0.3, 0.4) is 0 Å². The van der Waals surface area contributed by atoms with Crippen LogP contribution in [0.15, 0.2) is 30.3 Å². The van der Waals surface area contributed by atoms with Crippen molar-refractivity contribution in [2.75, 3.05) is 26.7 Å². The summed E-state index contributed by atoms with van der Waals surface area (Å²) in [4.78, 5) is 16.4. The van der Waals surface area contributed by atoms with Gasteiger partial charge in [-0.05, 0) is 39.4 Å². The molecule has 0 atom stereocenters. The molecule has 0 saturated heterocycles. The molecule has 0 saturated carbocycles. The van der Waals surface area contributed by atoms with E-state index in [0.29, 0.717) is 25.7 Å². The topological polar surface area (TPSA) is 49.6 Å². The van der Waals surface area contributed by atoms with Gasteiger partial charge in [0.1, 0.15) is 0 Å². The Kier molecular flexibility index (Phi) is 7.26. The number of hydrogen-bond acceptors (Lipinski definition) is 3. The minimum Gasteiger partial charge on any atom is -0.337 e. The molecule has 1 aromatic carbocycles. The van der Waals surface area contributed by atoms with Crippen molar-refractivity contribution in [2.24, 2.45) is 5.73 Å². The first kappa shape index (κ1) is 16.7. The summed E-state index contributed by atoms with van der Waals surface area (Å²) in [5, 5.41) is 0. The summed E-state index contributed by atoms with van der Waals surface area (Å²) in [7, 11) is 1.98. The molecule has 4 heteroatoms. The largest absolute Gasteiger partial charge is 0.337 e. The van der Waals surface area contributed by atoms with Crippen LogP contribution < -0.4 is 5.73 Å². The summed E-state index contributed by atoms with van der Waals surface area (Å²) in [5.41, 5.74) is 6.73. The third-order valence-electron chi connectivity index (χ3n) is 3.47. The standard InChI is InChI=1S/C16H27N3O/c1-14(2)18(3)13-16(20)19(11-7-10-17)12-15-8-5-4-6-9-15/h4-6,8-9,14H,7,10-13,17H2,1-3H3. The molecule has 0 spiro atoms. The fraction of sp³-hybridized carbons (Fsp3) is 0.562. The maximum atomic E-state index is 12.4. The number of carbonyl (C=O) groups excluding carboxylic acids is 1. The summed E-state index contributed by atoms with van der Waals surface area (Å²) >= 11 is 0. The van der Waals surface area contributed by atoms with E-state index in [2.05, 4.69) is 30.9 Å². The first-order valence-electron chi connectivity index (χ1n) is 7.26. The van der Waals surface area contributed by atoms with Gasteiger partial charge in [-0.2, -0.15) is 0 Å². The highest BCUT2D eigenvalue weighted by Gasteiger charge is 2.16. The van der Waals surface area contributed by atoms with E-state index >= 15 is 0 Å². The van der Waals surface area contributed by atoms with Gasteiger partial charge in [-0.15, -0.1) is 0 Å². The Morgan fingerprint density at radius 1 is 1.25 bits per heavy atom. The molecule has 0 unspecified atom stereocenters. The van der Waals surface area contributed by atoms with Crippen LogP contribution in [0.25, 0.3) is 0 Å². The molecule has 1 aromatic rings. The number of likely N-dealkylation sites (N-methyl/N-ethyl adjacent to an activating group) is 1. The molecular formula is C16H27N3O. The Morgan fingerprint density at radius 3 is 2.45 bits per heavy atom. The number of carbonyl (C=O) groups is 1. The van der Waals surface area contributed by atoms with Crippen molar-refractivity contribution >= 4 is 5.91 Å². The van der Waals surface area contributed by atoms with Gasteiger partial charge in [0.25, 0.3) is 0 Å². The van der Waals surface area contributed by atoms with Gasteiger partial charge in [-0.25, -0.2) is 0 Å². The predicted molar refractivity (Wildman–Crippen MR) is 83.3 cm³/mol. The molecule has 0 aliphatic rings. The van der Waals surface area contributed by atoms with Crippen LogP contribution >= 0.6 is 0 Å². The van der Waals surface area contributed by atoms with Crippen LogP contribution in [0, 0.1) is 0 Å². The Hall–Kier alpha value is -1.39. The molecule has 0 heterocycles. The van der Waals surface area contributed by atoms with E-state index < -0.39 is 0 Å². The van der Waals surface area contributed by atoms with Gasteiger partial charge in [0.15, 0.2) is 0 Å². The lowest BCUT2D eigenvalue weighted by Gasteiger charge is -2.27. The van der Waals surface area contributed by atoms with Crippen molar-refractivity contribution in [3.8, 4) is 0 Å². The molecule has 1 amide bonds. The molecule has 0 aliphatic carbocycles. The minimum atomic E-state index is 0.165. The van der Waals surface area contributed by atoms with Crippen LogP contribution in [0.5, 0.6) is 0 Å². The molecular weight excluding hydrogens is 250 g/mol. The molecule has 112 valence electrons. The van der Waals surface area contributed by atoms with Crippen LogP contribution in [-0.4, -0.2) is 48.4 Å². The number of rotatable bonds is 8. The molecule has 20 heavy (non-hydrogen) atoms. The van der Waals surface area contributed by atoms with E-state index in [1.807, 2.05) is 30.1 Å². The molecule has 0 bridgehead atoms. The molecule has 0 fully saturated rings. The summed E-state index contributed by atoms with van der Waals surface area (Å²) < 4.78 is 0. The quantitative estimate of drug-likeness (QED) is 0.787. The Bertz CT molecular complexity index is 392. The maximum absolute atomic E-state index is 12.4. The zero-order valence-electron chi connectivity index (χ0n) is 12.9. The highest BCUT2D eigenvalue weighted by atomic mass is 16.2. The molecule has 1 rings (SSSR count). The fourth-order valence-corrected chi connectivity index (χ4v) is 1.87. The number of hydrogen-bond donors (Lipinski definition) is 1. The van der Waals surface area contributed by atoms with E-state index in [4.69, 9.17) is 5.73 Å². The van der Waals surface area contributed by atoms with Crippen molar-refractivity contribution in [3.63, 3.8) is 0 Å². The van der Waals surface area contributed by atoms with Gasteiger partial charge in [-0.1, -0.05) is 30.3 Å². The normalized spacial score (nSPS) is 11.1. The van der Waals surface area contributed by atoms with Gasteiger partial charge in [0.2, 0.25) is 5.91 Å². The minimum absolute atomic E-state index is 0.165. The van der Waals surface area contributed by atoms with Crippen LogP contribution in [0.2, 0.25) is 0 Å². The van der Waals surface area contributed by atoms with E-state index in [0.717, 1.165) is 18.5 Å². The second-order valence-electron chi connectivity index (χ2n) is 5.45. The van der Waals surface area contributed by atoms with Gasteiger partial charge >= 0.3 is 0 Å². The number of nitrogens with two attached hydrogens (primary N) is 1. The smallest absolute Gasteiger partial charge is 0.237 e. The average molecular weight is 277 g/mol. The average Bonchev–Trinajstić information content (AvgIpc) is 2.44. The zero-order chi connectivity index (χ0) is 15.0. The first-order valence-corrected chi connectivity index (χ1v) is 7.26. The zero-order valence-corrected chi connectivity index (χ0v) is 12.9. The molecule has 0 aliphatic heterocycles. The second-order valence-corrected chi connectivity index (χ2v) is 5.45. The first-order chi connectivity index (χ1) is 9.54. The molecule has 0 aromatic heterocycles. The SMILES string of the molecule is CC(C)N(C)CC(=O)N(CCCN)Cc1ccccc1. The summed E-state index contributed by atoms with van der Waals surface area (Å²) in [5.74, 6) is 0.165. The Balaban J connectivity index is 2.65. The van der Waals surface area contributed by atoms with Gasteiger partial charge < -0.3 is 10.6 Å². The van der Waals surface area contributed by atoms with Crippen molar-refractivity contribution in [3.05, 3.63) is 35.9 Å². The van der Waals surface area contributed by atoms with E-state index in [9.17, 15) is 4.79 Å². The number of amides is 1. The summed E-state index contributed by atoms with van der Waals surface area (Å²) in [6.07, 6.45) is 0.837. The van der Waals surface area contributed by atoms with E-state index in [1.165, 1.54) is 0 Å². The van der Waals surface area contributed by atoms with E-state index in [-0.39, 0.29) is 5.91 Å². The summed E-state index contributed by atoms with van der Waals surface area (Å²) in [6, 6.07) is 10.5. The molecule has 0 radical (unpaired) electrons. The third-order valence-corrected chi connectivity index (χ3v) is 3.47. The molecule has 4 nitrogen and oxygen atoms in total. The van der Waals surface area contributed by atoms with Gasteiger partial charge in [0, 0.05) is 19.1 Å². The van der Waals surface area contributed by atoms with Crippen molar-refractivity contribution in [2.45, 2.75) is 32.9 Å². The second kappa shape index (κ2) is 8.72. The van der Waals surface area contributed by atoms with Gasteiger partial charge in [0.05, 0.1) is 6.54 Å². The van der Waals surface area contributed by atoms with E-state index in [1.54, 1.807) is 0 Å². The lowest BCUT2D eigenvalue weighted by Crippen LogP contribution is -2.41. The van der Waals surface area contributed by atoms with Gasteiger partial charge in [-0.3, -0.25) is 9.69 Å². The van der Waals surface area contributed by atoms with Crippen molar-refractivity contribution < 1.29 is 4.79 Å². The third kappa shape index (κ3) is 5.72. The van der Waals surface area contributed by atoms with Crippen LogP contribution in [0.1, 0.15) is 25.8 Å². The monoisotopic (exact) mass is 277 g/mol. The number of nitrogens with zero attached hydrogens (tertiary/aromatic N) is 2. The van der Waals surface area contributed by atoms with Crippen molar-refractivity contribution in [1.82, 2.24) is 9.80 Å². The summed E-state index contributed by atoms with van der Waals surface area (Å²) in [6.45, 7) is 6.62. The van der Waals surface area contributed by atoms with Crippen LogP contribution in [-0.2, 0) is 11.3 Å². The number of benzene rings is 1. The van der Waals surface area contributed by atoms with Crippen molar-refractivity contribution in [1.29, 1.82) is 0 Å². The highest BCUT2D eigenvalue weighted by molar-refractivity contribution is 5.78. The maximum Gasteiger partial charge on any atom is 0.237 e. The fourth-order valence-electron chi connectivity index (χ4n) is 1.87. The predicted octanol–water partition coefficient (Wildman–Crippen LogP) is 1.70. The molecule has 2 N–H and O–H groups in total. The Morgan fingerprint density at radius 2 is 1.90 bits per heavy atom.